The highest BCUT2D eigenvalue weighted by Crippen LogP contribution is 2.28. The normalized spacial score (nSPS) is 16.8. The molecule has 0 unspecified atom stereocenters. The molecule has 1 aliphatic rings. The van der Waals surface area contributed by atoms with Gasteiger partial charge in [0, 0.05) is 4.88 Å². The molecule has 0 saturated heterocycles. The van der Waals surface area contributed by atoms with Crippen LogP contribution in [0.2, 0.25) is 0 Å². The highest BCUT2D eigenvalue weighted by atomic mass is 35.5. The van der Waals surface area contributed by atoms with Crippen LogP contribution in [0.15, 0.2) is 27.6 Å². The number of amides is 2. The molecular weight excluding hydrogens is 257 g/mol. The van der Waals surface area contributed by atoms with Crippen LogP contribution in [0.5, 0.6) is 0 Å². The predicted octanol–water partition coefficient (Wildman–Crippen LogP) is 2.31. The fourth-order valence-corrected chi connectivity index (χ4v) is 2.28. The fraction of sp³-hybridized carbons (Fsp3) is 0.111. The Morgan fingerprint density at radius 2 is 1.80 bits per heavy atom. The van der Waals surface area contributed by atoms with Crippen molar-refractivity contribution < 1.29 is 9.59 Å². The lowest BCUT2D eigenvalue weighted by Gasteiger charge is -2.12. The summed E-state index contributed by atoms with van der Waals surface area (Å²) in [5.74, 6) is -1.06. The highest BCUT2D eigenvalue weighted by Gasteiger charge is 2.36. The number of carbonyl (C=O) groups is 2. The molecular formula is C9H5Cl2NO2S. The van der Waals surface area contributed by atoms with Crippen molar-refractivity contribution in [2.75, 3.05) is 0 Å². The molecule has 1 aliphatic heterocycles. The molecule has 1 aromatic heterocycles. The van der Waals surface area contributed by atoms with Crippen molar-refractivity contribution in [3.8, 4) is 0 Å². The average molecular weight is 262 g/mol. The van der Waals surface area contributed by atoms with E-state index in [1.165, 1.54) is 11.3 Å². The monoisotopic (exact) mass is 261 g/mol. The SMILES string of the molecule is O=C1C(Cl)=C(Cl)C(=O)N1Cc1cccs1. The van der Waals surface area contributed by atoms with Crippen molar-refractivity contribution in [3.63, 3.8) is 0 Å². The van der Waals surface area contributed by atoms with Gasteiger partial charge >= 0.3 is 0 Å². The number of nitrogens with zero attached hydrogens (tertiary/aromatic N) is 1. The van der Waals surface area contributed by atoms with Gasteiger partial charge in [0.15, 0.2) is 0 Å². The number of hydrogen-bond donors (Lipinski definition) is 0. The highest BCUT2D eigenvalue weighted by molar-refractivity contribution is 7.09. The van der Waals surface area contributed by atoms with Crippen LogP contribution >= 0.6 is 34.5 Å². The first-order valence-corrected chi connectivity index (χ1v) is 5.68. The van der Waals surface area contributed by atoms with Gasteiger partial charge in [-0.25, -0.2) is 0 Å². The fourth-order valence-electron chi connectivity index (χ4n) is 1.22. The number of imide groups is 1. The maximum Gasteiger partial charge on any atom is 0.274 e. The molecule has 0 spiro atoms. The Balaban J connectivity index is 2.21. The number of rotatable bonds is 2. The molecule has 0 aromatic carbocycles. The minimum absolute atomic E-state index is 0.196. The summed E-state index contributed by atoms with van der Waals surface area (Å²) in [6, 6.07) is 3.69. The topological polar surface area (TPSA) is 37.4 Å². The van der Waals surface area contributed by atoms with Gasteiger partial charge in [-0.3, -0.25) is 14.5 Å². The van der Waals surface area contributed by atoms with E-state index >= 15 is 0 Å². The molecule has 1 aromatic rings. The van der Waals surface area contributed by atoms with Crippen molar-refractivity contribution in [1.29, 1.82) is 0 Å². The second-order valence-corrected chi connectivity index (χ2v) is 4.69. The third-order valence-corrected chi connectivity index (χ3v) is 3.61. The molecule has 2 amide bonds. The Labute approximate surface area is 99.9 Å². The molecule has 2 heterocycles. The zero-order valence-corrected chi connectivity index (χ0v) is 9.70. The smallest absolute Gasteiger partial charge is 0.267 e. The van der Waals surface area contributed by atoms with Crippen LogP contribution in [-0.4, -0.2) is 16.7 Å². The maximum absolute atomic E-state index is 11.5. The van der Waals surface area contributed by atoms with E-state index in [9.17, 15) is 9.59 Å². The van der Waals surface area contributed by atoms with Gasteiger partial charge in [0.25, 0.3) is 11.8 Å². The third kappa shape index (κ3) is 1.80. The number of hydrogen-bond acceptors (Lipinski definition) is 3. The first kappa shape index (κ1) is 10.7. The van der Waals surface area contributed by atoms with E-state index in [2.05, 4.69) is 0 Å². The van der Waals surface area contributed by atoms with Crippen molar-refractivity contribution in [3.05, 3.63) is 32.5 Å². The second-order valence-electron chi connectivity index (χ2n) is 2.90. The van der Waals surface area contributed by atoms with Crippen LogP contribution in [0.25, 0.3) is 0 Å². The van der Waals surface area contributed by atoms with Crippen LogP contribution in [0.4, 0.5) is 0 Å². The van der Waals surface area contributed by atoms with Gasteiger partial charge in [-0.1, -0.05) is 29.3 Å². The Kier molecular flexibility index (Phi) is 2.82. The van der Waals surface area contributed by atoms with E-state index in [1.54, 1.807) is 0 Å². The molecule has 0 fully saturated rings. The third-order valence-electron chi connectivity index (χ3n) is 1.95. The molecule has 0 radical (unpaired) electrons. The lowest BCUT2D eigenvalue weighted by Crippen LogP contribution is -2.30. The maximum atomic E-state index is 11.5. The van der Waals surface area contributed by atoms with Crippen LogP contribution < -0.4 is 0 Å². The number of halogens is 2. The van der Waals surface area contributed by atoms with Gasteiger partial charge in [0.05, 0.1) is 6.54 Å². The van der Waals surface area contributed by atoms with Gasteiger partial charge < -0.3 is 0 Å². The summed E-state index contributed by atoms with van der Waals surface area (Å²) in [6.45, 7) is 0.224. The standard InChI is InChI=1S/C9H5Cl2NO2S/c10-6-7(11)9(14)12(8(6)13)4-5-2-1-3-15-5/h1-3H,4H2. The largest absolute Gasteiger partial charge is 0.274 e. The molecule has 0 atom stereocenters. The Morgan fingerprint density at radius 1 is 1.20 bits per heavy atom. The molecule has 0 N–H and O–H groups in total. The van der Waals surface area contributed by atoms with Crippen LogP contribution in [0.3, 0.4) is 0 Å². The lowest BCUT2D eigenvalue weighted by molar-refractivity contribution is -0.137. The Hall–Kier alpha value is -0.840. The van der Waals surface area contributed by atoms with Crippen LogP contribution in [-0.2, 0) is 16.1 Å². The van der Waals surface area contributed by atoms with Gasteiger partial charge in [0.1, 0.15) is 10.1 Å². The van der Waals surface area contributed by atoms with E-state index in [-0.39, 0.29) is 16.6 Å². The summed E-state index contributed by atoms with van der Waals surface area (Å²) in [5.41, 5.74) is 0. The van der Waals surface area contributed by atoms with E-state index in [0.29, 0.717) is 0 Å². The summed E-state index contributed by atoms with van der Waals surface area (Å²) in [5, 5.41) is 1.48. The average Bonchev–Trinajstić information content (AvgIpc) is 2.79. The van der Waals surface area contributed by atoms with Crippen molar-refractivity contribution >= 4 is 46.4 Å². The zero-order valence-electron chi connectivity index (χ0n) is 7.37. The minimum atomic E-state index is -0.528. The van der Waals surface area contributed by atoms with Crippen molar-refractivity contribution in [2.24, 2.45) is 0 Å². The van der Waals surface area contributed by atoms with E-state index in [4.69, 9.17) is 23.2 Å². The number of carbonyl (C=O) groups excluding carboxylic acids is 2. The molecule has 15 heavy (non-hydrogen) atoms. The molecule has 0 aliphatic carbocycles. The van der Waals surface area contributed by atoms with E-state index < -0.39 is 11.8 Å². The summed E-state index contributed by atoms with van der Waals surface area (Å²) >= 11 is 12.6. The Bertz CT molecular complexity index is 429. The van der Waals surface area contributed by atoms with E-state index in [0.717, 1.165) is 9.78 Å². The van der Waals surface area contributed by atoms with Gasteiger partial charge in [-0.05, 0) is 11.4 Å². The zero-order chi connectivity index (χ0) is 11.0. The van der Waals surface area contributed by atoms with E-state index in [1.807, 2.05) is 17.5 Å². The Morgan fingerprint density at radius 3 is 2.27 bits per heavy atom. The van der Waals surface area contributed by atoms with Crippen LogP contribution in [0.1, 0.15) is 4.88 Å². The predicted molar refractivity (Wildman–Crippen MR) is 58.6 cm³/mol. The number of thiophene rings is 1. The molecule has 2 rings (SSSR count). The minimum Gasteiger partial charge on any atom is -0.267 e. The van der Waals surface area contributed by atoms with Crippen molar-refractivity contribution in [2.45, 2.75) is 6.54 Å². The summed E-state index contributed by atoms with van der Waals surface area (Å²) in [6.07, 6.45) is 0. The summed E-state index contributed by atoms with van der Waals surface area (Å²) in [7, 11) is 0. The lowest BCUT2D eigenvalue weighted by atomic mass is 10.4. The van der Waals surface area contributed by atoms with Gasteiger partial charge in [-0.2, -0.15) is 0 Å². The van der Waals surface area contributed by atoms with Crippen molar-refractivity contribution in [1.82, 2.24) is 4.90 Å². The van der Waals surface area contributed by atoms with Gasteiger partial charge in [-0.15, -0.1) is 11.3 Å². The molecule has 3 nitrogen and oxygen atoms in total. The quantitative estimate of drug-likeness (QED) is 0.767. The molecule has 0 bridgehead atoms. The molecule has 78 valence electrons. The molecule has 0 saturated carbocycles. The summed E-state index contributed by atoms with van der Waals surface area (Å²) in [4.78, 5) is 24.9. The molecule has 6 heteroatoms. The first-order valence-electron chi connectivity index (χ1n) is 4.05. The first-order chi connectivity index (χ1) is 7.11. The van der Waals surface area contributed by atoms with Crippen LogP contribution in [0, 0.1) is 0 Å². The second kappa shape index (κ2) is 3.96. The summed E-state index contributed by atoms with van der Waals surface area (Å²) < 4.78 is 0. The van der Waals surface area contributed by atoms with Gasteiger partial charge in [0.2, 0.25) is 0 Å².